The molecule has 1 aromatic heterocycles. The molecule has 1 aliphatic rings. The lowest BCUT2D eigenvalue weighted by atomic mass is 9.83. The molecule has 5 rings (SSSR count). The number of rotatable bonds is 3. The van der Waals surface area contributed by atoms with Crippen molar-refractivity contribution >= 4 is 10.8 Å². The Hall–Kier alpha value is -2.93. The Morgan fingerprint density at radius 3 is 2.26 bits per heavy atom. The van der Waals surface area contributed by atoms with Crippen molar-refractivity contribution in [2.75, 3.05) is 0 Å². The Labute approximate surface area is 186 Å². The van der Waals surface area contributed by atoms with Gasteiger partial charge in [0.1, 0.15) is 7.05 Å². The molecular formula is C30H32N+. The summed E-state index contributed by atoms with van der Waals surface area (Å²) in [6.45, 7) is 4.47. The summed E-state index contributed by atoms with van der Waals surface area (Å²) >= 11 is 0. The molecule has 1 fully saturated rings. The van der Waals surface area contributed by atoms with Crippen LogP contribution in [0, 0.1) is 13.8 Å². The van der Waals surface area contributed by atoms with Gasteiger partial charge in [0.15, 0.2) is 5.69 Å². The van der Waals surface area contributed by atoms with Gasteiger partial charge in [-0.25, -0.2) is 0 Å². The fraction of sp³-hybridized carbons (Fsp3) is 0.300. The summed E-state index contributed by atoms with van der Waals surface area (Å²) in [5.74, 6) is 0.739. The van der Waals surface area contributed by atoms with Gasteiger partial charge in [-0.3, -0.25) is 0 Å². The van der Waals surface area contributed by atoms with Gasteiger partial charge in [0.05, 0.1) is 5.39 Å². The van der Waals surface area contributed by atoms with Crippen LogP contribution in [0.25, 0.3) is 33.2 Å². The normalized spacial score (nSPS) is 14.8. The number of hydrogen-bond acceptors (Lipinski definition) is 0. The van der Waals surface area contributed by atoms with Gasteiger partial charge >= 0.3 is 0 Å². The van der Waals surface area contributed by atoms with Crippen LogP contribution in [0.3, 0.4) is 0 Å². The standard InChI is InChI=1S/C30H32N/c1-21-18-25(23-10-6-4-7-11-23)14-16-28(21)30-29-17-15-26(24-12-8-5-9-13-24)20-27(29)19-22(2)31(30)3/h4,6-7,10-11,14-20,24H,5,8-9,12-13H2,1-3H3/q+1. The molecule has 1 heterocycles. The maximum Gasteiger partial charge on any atom is 0.220 e. The van der Waals surface area contributed by atoms with Crippen molar-refractivity contribution in [2.45, 2.75) is 51.9 Å². The van der Waals surface area contributed by atoms with Gasteiger partial charge in [-0.15, -0.1) is 0 Å². The van der Waals surface area contributed by atoms with Crippen LogP contribution in [0.1, 0.15) is 54.8 Å². The average Bonchev–Trinajstić information content (AvgIpc) is 2.81. The van der Waals surface area contributed by atoms with Crippen LogP contribution in [-0.2, 0) is 7.05 Å². The maximum absolute atomic E-state index is 2.47. The summed E-state index contributed by atoms with van der Waals surface area (Å²) in [6.07, 6.45) is 6.85. The van der Waals surface area contributed by atoms with Gasteiger partial charge in [0.25, 0.3) is 0 Å². The molecule has 156 valence electrons. The molecule has 0 unspecified atom stereocenters. The molecular weight excluding hydrogens is 374 g/mol. The topological polar surface area (TPSA) is 3.88 Å². The highest BCUT2D eigenvalue weighted by Crippen LogP contribution is 2.36. The van der Waals surface area contributed by atoms with Crippen LogP contribution in [-0.4, -0.2) is 0 Å². The van der Waals surface area contributed by atoms with Crippen LogP contribution >= 0.6 is 0 Å². The Morgan fingerprint density at radius 1 is 0.742 bits per heavy atom. The van der Waals surface area contributed by atoms with Crippen molar-refractivity contribution in [2.24, 2.45) is 7.05 Å². The van der Waals surface area contributed by atoms with Crippen LogP contribution in [0.4, 0.5) is 0 Å². The first kappa shape index (κ1) is 20.0. The molecule has 0 amide bonds. The Bertz CT molecular complexity index is 1230. The van der Waals surface area contributed by atoms with E-state index in [1.807, 2.05) is 0 Å². The van der Waals surface area contributed by atoms with Crippen molar-refractivity contribution in [3.05, 3.63) is 89.6 Å². The third kappa shape index (κ3) is 3.78. The molecule has 1 nitrogen and oxygen atoms in total. The smallest absolute Gasteiger partial charge is 0.198 e. The third-order valence-corrected chi connectivity index (χ3v) is 7.22. The predicted octanol–water partition coefficient (Wildman–Crippen LogP) is 7.66. The molecule has 0 saturated heterocycles. The first-order chi connectivity index (χ1) is 15.1. The van der Waals surface area contributed by atoms with Crippen molar-refractivity contribution in [3.8, 4) is 22.4 Å². The van der Waals surface area contributed by atoms with E-state index in [9.17, 15) is 0 Å². The van der Waals surface area contributed by atoms with Crippen molar-refractivity contribution < 1.29 is 4.57 Å². The SMILES string of the molecule is Cc1cc(-c2ccccc2)ccc1-c1c2ccc(C3CCCCC3)cc2cc(C)[n+]1C. The molecule has 1 saturated carbocycles. The minimum Gasteiger partial charge on any atom is -0.198 e. The number of benzene rings is 3. The molecule has 0 radical (unpaired) electrons. The quantitative estimate of drug-likeness (QED) is 0.307. The molecule has 1 aliphatic carbocycles. The molecule has 0 N–H and O–H groups in total. The third-order valence-electron chi connectivity index (χ3n) is 7.22. The van der Waals surface area contributed by atoms with Gasteiger partial charge in [-0.2, -0.15) is 4.57 Å². The summed E-state index contributed by atoms with van der Waals surface area (Å²) in [5.41, 5.74) is 9.34. The largest absolute Gasteiger partial charge is 0.220 e. The number of nitrogens with zero attached hydrogens (tertiary/aromatic N) is 1. The molecule has 4 aromatic rings. The highest BCUT2D eigenvalue weighted by Gasteiger charge is 2.22. The number of aromatic nitrogens is 1. The second kappa shape index (κ2) is 8.30. The zero-order chi connectivity index (χ0) is 21.4. The average molecular weight is 407 g/mol. The van der Waals surface area contributed by atoms with Crippen molar-refractivity contribution in [1.29, 1.82) is 0 Å². The molecule has 0 bridgehead atoms. The molecule has 1 heteroatoms. The zero-order valence-corrected chi connectivity index (χ0v) is 19.0. The van der Waals surface area contributed by atoms with Gasteiger partial charge < -0.3 is 0 Å². The second-order valence-electron chi connectivity index (χ2n) is 9.27. The summed E-state index contributed by atoms with van der Waals surface area (Å²) in [6, 6.07) is 27.2. The van der Waals surface area contributed by atoms with E-state index >= 15 is 0 Å². The van der Waals surface area contributed by atoms with E-state index in [1.165, 1.54) is 82.1 Å². The first-order valence-electron chi connectivity index (χ1n) is 11.7. The molecule has 0 atom stereocenters. The van der Waals surface area contributed by atoms with Gasteiger partial charge in [-0.1, -0.05) is 73.9 Å². The van der Waals surface area contributed by atoms with E-state index in [2.05, 4.69) is 98.3 Å². The van der Waals surface area contributed by atoms with E-state index in [-0.39, 0.29) is 0 Å². The highest BCUT2D eigenvalue weighted by molar-refractivity contribution is 5.94. The monoisotopic (exact) mass is 406 g/mol. The minimum absolute atomic E-state index is 0.739. The fourth-order valence-corrected chi connectivity index (χ4v) is 5.35. The first-order valence-corrected chi connectivity index (χ1v) is 11.7. The zero-order valence-electron chi connectivity index (χ0n) is 19.0. The van der Waals surface area contributed by atoms with Crippen LogP contribution in [0.5, 0.6) is 0 Å². The van der Waals surface area contributed by atoms with Crippen LogP contribution in [0.15, 0.2) is 72.8 Å². The minimum atomic E-state index is 0.739. The van der Waals surface area contributed by atoms with Gasteiger partial charge in [0.2, 0.25) is 5.69 Å². The van der Waals surface area contributed by atoms with E-state index in [4.69, 9.17) is 0 Å². The summed E-state index contributed by atoms with van der Waals surface area (Å²) < 4.78 is 2.35. The van der Waals surface area contributed by atoms with E-state index < -0.39 is 0 Å². The summed E-state index contributed by atoms with van der Waals surface area (Å²) in [4.78, 5) is 0. The maximum atomic E-state index is 2.47. The van der Waals surface area contributed by atoms with E-state index in [1.54, 1.807) is 0 Å². The second-order valence-corrected chi connectivity index (χ2v) is 9.27. The molecule has 31 heavy (non-hydrogen) atoms. The van der Waals surface area contributed by atoms with Crippen molar-refractivity contribution in [1.82, 2.24) is 0 Å². The van der Waals surface area contributed by atoms with E-state index in [0.29, 0.717) is 0 Å². The summed E-state index contributed by atoms with van der Waals surface area (Å²) in [7, 11) is 2.20. The van der Waals surface area contributed by atoms with Gasteiger partial charge in [-0.05, 0) is 65.5 Å². The Morgan fingerprint density at radius 2 is 1.52 bits per heavy atom. The highest BCUT2D eigenvalue weighted by atomic mass is 14.9. The number of fused-ring (bicyclic) bond motifs is 1. The van der Waals surface area contributed by atoms with Crippen LogP contribution < -0.4 is 4.57 Å². The Kier molecular flexibility index (Phi) is 5.36. The molecule has 0 aliphatic heterocycles. The number of hydrogen-bond donors (Lipinski definition) is 0. The lowest BCUT2D eigenvalue weighted by molar-refractivity contribution is -0.665. The molecule has 0 spiro atoms. The Balaban J connectivity index is 1.63. The number of pyridine rings is 1. The summed E-state index contributed by atoms with van der Waals surface area (Å²) in [5, 5.41) is 2.73. The fourth-order valence-electron chi connectivity index (χ4n) is 5.35. The lowest BCUT2D eigenvalue weighted by Gasteiger charge is -2.22. The van der Waals surface area contributed by atoms with Crippen molar-refractivity contribution in [3.63, 3.8) is 0 Å². The van der Waals surface area contributed by atoms with Crippen LogP contribution in [0.2, 0.25) is 0 Å². The van der Waals surface area contributed by atoms with E-state index in [0.717, 1.165) is 5.92 Å². The number of aryl methyl sites for hydroxylation is 2. The predicted molar refractivity (Wildman–Crippen MR) is 131 cm³/mol. The lowest BCUT2D eigenvalue weighted by Crippen LogP contribution is -2.35. The molecule has 3 aromatic carbocycles. The van der Waals surface area contributed by atoms with Gasteiger partial charge in [0, 0.05) is 18.6 Å².